The highest BCUT2D eigenvalue weighted by Gasteiger charge is 2.59. The molecule has 228 valence electrons. The first kappa shape index (κ1) is 31.7. The van der Waals surface area contributed by atoms with Crippen LogP contribution in [0.3, 0.4) is 0 Å². The standard InChI is InChI=1S/C33H38NO9/c1-20(35)40-28-29(41-21(2)36)31(33(38)39-6)43-32(30(28)42-22(3)37)34(4,5)19-11-16-27-25-14-9-7-12-23(25)17-18-24-13-8-10-15-26(24)27/h7-10,12-18,28-32H,11,19H2,1-6H3/q+1/t28-,29-,30+,31-,32+/m0/s1. The summed E-state index contributed by atoms with van der Waals surface area (Å²) in [6.07, 6.45) is 0.613. The number of fused-ring (bicyclic) bond motifs is 2. The van der Waals surface area contributed by atoms with E-state index in [-0.39, 0.29) is 4.48 Å². The topological polar surface area (TPSA) is 114 Å². The van der Waals surface area contributed by atoms with Crippen LogP contribution in [0.2, 0.25) is 0 Å². The average Bonchev–Trinajstić information content (AvgIpc) is 3.10. The van der Waals surface area contributed by atoms with Gasteiger partial charge in [-0.3, -0.25) is 18.9 Å². The van der Waals surface area contributed by atoms with Crippen molar-refractivity contribution in [1.29, 1.82) is 0 Å². The molecule has 10 nitrogen and oxygen atoms in total. The Morgan fingerprint density at radius 1 is 0.767 bits per heavy atom. The van der Waals surface area contributed by atoms with Crippen LogP contribution >= 0.6 is 0 Å². The maximum atomic E-state index is 12.9. The lowest BCUT2D eigenvalue weighted by Gasteiger charge is -2.48. The smallest absolute Gasteiger partial charge is 0.339 e. The quantitative estimate of drug-likeness (QED) is 0.219. The van der Waals surface area contributed by atoms with Crippen molar-refractivity contribution in [2.24, 2.45) is 0 Å². The number of quaternary nitrogens is 1. The molecule has 2 aliphatic rings. The Morgan fingerprint density at radius 2 is 1.26 bits per heavy atom. The van der Waals surface area contributed by atoms with E-state index in [1.165, 1.54) is 21.0 Å². The summed E-state index contributed by atoms with van der Waals surface area (Å²) in [6, 6.07) is 16.4. The molecule has 2 aromatic rings. The van der Waals surface area contributed by atoms with Crippen LogP contribution in [0.25, 0.3) is 17.7 Å². The summed E-state index contributed by atoms with van der Waals surface area (Å²) in [7, 11) is 4.90. The van der Waals surface area contributed by atoms with Gasteiger partial charge in [0.25, 0.3) is 0 Å². The minimum absolute atomic E-state index is 0.0985. The third-order valence-corrected chi connectivity index (χ3v) is 7.54. The van der Waals surface area contributed by atoms with Crippen LogP contribution in [0.4, 0.5) is 0 Å². The number of rotatable bonds is 8. The first-order valence-corrected chi connectivity index (χ1v) is 14.1. The highest BCUT2D eigenvalue weighted by Crippen LogP contribution is 2.36. The Kier molecular flexibility index (Phi) is 9.83. The van der Waals surface area contributed by atoms with E-state index in [2.05, 4.69) is 42.5 Å². The molecule has 5 atom stereocenters. The molecule has 0 bridgehead atoms. The van der Waals surface area contributed by atoms with Crippen LogP contribution < -0.4 is 0 Å². The van der Waals surface area contributed by atoms with Crippen LogP contribution in [0.1, 0.15) is 49.4 Å². The number of benzene rings is 2. The van der Waals surface area contributed by atoms with Gasteiger partial charge in [0.05, 0.1) is 27.7 Å². The Hall–Kier alpha value is -4.28. The fourth-order valence-corrected chi connectivity index (χ4v) is 5.65. The minimum Gasteiger partial charge on any atom is -0.467 e. The van der Waals surface area contributed by atoms with Crippen molar-refractivity contribution < 1.29 is 47.3 Å². The Balaban J connectivity index is 1.70. The summed E-state index contributed by atoms with van der Waals surface area (Å²) in [5.41, 5.74) is 5.49. The lowest BCUT2D eigenvalue weighted by atomic mass is 9.92. The lowest BCUT2D eigenvalue weighted by Crippen LogP contribution is -2.70. The van der Waals surface area contributed by atoms with Crippen molar-refractivity contribution in [2.45, 2.75) is 57.8 Å². The second-order valence-electron chi connectivity index (χ2n) is 11.1. The highest BCUT2D eigenvalue weighted by molar-refractivity contribution is 5.93. The van der Waals surface area contributed by atoms with Crippen molar-refractivity contribution in [3.05, 3.63) is 76.9 Å². The molecule has 0 N–H and O–H groups in total. The van der Waals surface area contributed by atoms with Crippen LogP contribution in [0.15, 0.2) is 54.6 Å². The van der Waals surface area contributed by atoms with E-state index in [1.807, 2.05) is 38.4 Å². The van der Waals surface area contributed by atoms with Gasteiger partial charge in [-0.1, -0.05) is 66.8 Å². The highest BCUT2D eigenvalue weighted by atomic mass is 16.7. The second-order valence-corrected chi connectivity index (χ2v) is 11.1. The number of hydrogen-bond donors (Lipinski definition) is 0. The Morgan fingerprint density at radius 3 is 1.77 bits per heavy atom. The van der Waals surface area contributed by atoms with Gasteiger partial charge in [-0.15, -0.1) is 0 Å². The molecule has 0 spiro atoms. The van der Waals surface area contributed by atoms with Crippen molar-refractivity contribution in [3.8, 4) is 0 Å². The molecule has 1 heterocycles. The summed E-state index contributed by atoms with van der Waals surface area (Å²) in [5, 5.41) is 0. The molecule has 0 saturated carbocycles. The molecule has 0 unspecified atom stereocenters. The number of ether oxygens (including phenoxy) is 5. The van der Waals surface area contributed by atoms with Crippen molar-refractivity contribution >= 4 is 41.6 Å². The van der Waals surface area contributed by atoms with Gasteiger partial charge >= 0.3 is 23.9 Å². The Bertz CT molecular complexity index is 1390. The average molecular weight is 593 g/mol. The van der Waals surface area contributed by atoms with Gasteiger partial charge in [-0.2, -0.15) is 0 Å². The molecule has 43 heavy (non-hydrogen) atoms. The third kappa shape index (κ3) is 7.21. The number of nitrogens with zero attached hydrogens (tertiary/aromatic N) is 1. The molecule has 10 heteroatoms. The molecule has 1 aliphatic heterocycles. The number of carbonyl (C=O) groups excluding carboxylic acids is 4. The molecule has 0 aromatic heterocycles. The maximum absolute atomic E-state index is 12.9. The summed E-state index contributed by atoms with van der Waals surface area (Å²) >= 11 is 0. The van der Waals surface area contributed by atoms with Gasteiger partial charge in [0, 0.05) is 27.2 Å². The van der Waals surface area contributed by atoms with Crippen LogP contribution in [0, 0.1) is 0 Å². The zero-order valence-corrected chi connectivity index (χ0v) is 25.3. The van der Waals surface area contributed by atoms with Gasteiger partial charge in [0.15, 0.2) is 12.2 Å². The minimum atomic E-state index is -1.43. The first-order valence-electron chi connectivity index (χ1n) is 14.1. The normalized spacial score (nSPS) is 22.7. The molecule has 0 amide bonds. The van der Waals surface area contributed by atoms with E-state index in [0.29, 0.717) is 13.0 Å². The number of methoxy groups -OCH3 is 1. The molecule has 1 fully saturated rings. The zero-order valence-electron chi connectivity index (χ0n) is 25.3. The van der Waals surface area contributed by atoms with Gasteiger partial charge in [-0.25, -0.2) is 4.79 Å². The molecule has 1 saturated heterocycles. The number of hydrogen-bond acceptors (Lipinski definition) is 9. The predicted molar refractivity (Wildman–Crippen MR) is 158 cm³/mol. The summed E-state index contributed by atoms with van der Waals surface area (Å²) < 4.78 is 27.9. The largest absolute Gasteiger partial charge is 0.467 e. The number of likely N-dealkylation sites (N-methyl/N-ethyl adjacent to an activating group) is 1. The van der Waals surface area contributed by atoms with Gasteiger partial charge in [0.1, 0.15) is 0 Å². The number of esters is 4. The van der Waals surface area contributed by atoms with E-state index in [0.717, 1.165) is 34.8 Å². The summed E-state index contributed by atoms with van der Waals surface area (Å²) in [5.74, 6) is -2.93. The van der Waals surface area contributed by atoms with Gasteiger partial charge in [-0.05, 0) is 27.8 Å². The van der Waals surface area contributed by atoms with E-state index < -0.39 is 54.5 Å². The van der Waals surface area contributed by atoms with Crippen molar-refractivity contribution in [1.82, 2.24) is 0 Å². The SMILES string of the molecule is COC(=O)[C@H]1O[C@@H]([N+](C)(C)CCC=C2c3ccccc3C=Cc3ccccc32)[C@H](OC(C)=O)[C@@H](OC(C)=O)[C@@H]1OC(C)=O. The molecule has 0 radical (unpaired) electrons. The molecule has 2 aromatic carbocycles. The fourth-order valence-electron chi connectivity index (χ4n) is 5.65. The summed E-state index contributed by atoms with van der Waals surface area (Å²) in [4.78, 5) is 49.3. The first-order chi connectivity index (χ1) is 20.4. The van der Waals surface area contributed by atoms with E-state index in [1.54, 1.807) is 0 Å². The number of carbonyl (C=O) groups is 4. The fraction of sp³-hybridized carbons (Fsp3) is 0.394. The van der Waals surface area contributed by atoms with Crippen LogP contribution in [0.5, 0.6) is 0 Å². The molecular weight excluding hydrogens is 554 g/mol. The van der Waals surface area contributed by atoms with Gasteiger partial charge < -0.3 is 23.7 Å². The monoisotopic (exact) mass is 592 g/mol. The van der Waals surface area contributed by atoms with Gasteiger partial charge in [0.2, 0.25) is 18.4 Å². The van der Waals surface area contributed by atoms with Crippen molar-refractivity contribution in [3.63, 3.8) is 0 Å². The maximum Gasteiger partial charge on any atom is 0.339 e. The lowest BCUT2D eigenvalue weighted by molar-refractivity contribution is -0.943. The second kappa shape index (κ2) is 13.4. The van der Waals surface area contributed by atoms with Crippen molar-refractivity contribution in [2.75, 3.05) is 27.7 Å². The zero-order chi connectivity index (χ0) is 31.3. The van der Waals surface area contributed by atoms with E-state index >= 15 is 0 Å². The molecular formula is C33H38NO9+. The molecule has 1 aliphatic carbocycles. The third-order valence-electron chi connectivity index (χ3n) is 7.54. The van der Waals surface area contributed by atoms with E-state index in [9.17, 15) is 19.2 Å². The van der Waals surface area contributed by atoms with Crippen LogP contribution in [-0.2, 0) is 42.9 Å². The van der Waals surface area contributed by atoms with E-state index in [4.69, 9.17) is 23.7 Å². The molecule has 4 rings (SSSR count). The Labute approximate surface area is 251 Å². The predicted octanol–water partition coefficient (Wildman–Crippen LogP) is 3.76. The van der Waals surface area contributed by atoms with Crippen LogP contribution in [-0.4, -0.2) is 86.8 Å². The summed E-state index contributed by atoms with van der Waals surface area (Å²) in [6.45, 7) is 4.02.